The van der Waals surface area contributed by atoms with Gasteiger partial charge in [0.1, 0.15) is 0 Å². The van der Waals surface area contributed by atoms with Crippen molar-refractivity contribution in [3.8, 4) is 0 Å². The molecule has 0 heterocycles. The van der Waals surface area contributed by atoms with Gasteiger partial charge in [0.15, 0.2) is 0 Å². The third-order valence-electron chi connectivity index (χ3n) is 0.997. The molecule has 0 bridgehead atoms. The van der Waals surface area contributed by atoms with Crippen molar-refractivity contribution in [2.45, 2.75) is 33.1 Å². The molecule has 0 aromatic rings. The molecule has 0 saturated heterocycles. The normalized spacial score (nSPS) is 12.0. The summed E-state index contributed by atoms with van der Waals surface area (Å²) in [5.74, 6) is 0.443. The molecule has 0 aromatic carbocycles. The number of unbranched alkanes of at least 4 members (excludes halogenated alkanes) is 2. The van der Waals surface area contributed by atoms with E-state index in [1.807, 2.05) is 6.08 Å². The number of hydrogen-bond acceptors (Lipinski definition) is 1. The van der Waals surface area contributed by atoms with Gasteiger partial charge in [-0.05, 0) is 25.8 Å². The van der Waals surface area contributed by atoms with Gasteiger partial charge in [-0.1, -0.05) is 13.3 Å². The van der Waals surface area contributed by atoms with E-state index in [1.54, 1.807) is 6.92 Å². The van der Waals surface area contributed by atoms with Crippen LogP contribution < -0.4 is 0 Å². The lowest BCUT2D eigenvalue weighted by Crippen LogP contribution is -1.71. The van der Waals surface area contributed by atoms with Crippen molar-refractivity contribution in [2.24, 2.45) is 0 Å². The van der Waals surface area contributed by atoms with Crippen LogP contribution in [0, 0.1) is 0 Å². The number of rotatable bonds is 3. The van der Waals surface area contributed by atoms with Crippen molar-refractivity contribution in [3.63, 3.8) is 0 Å². The third kappa shape index (κ3) is 5.54. The average Bonchev–Trinajstić information content (AvgIpc) is 1.66. The SMILES string of the molecule is CCCC/C=C(/C)O. The van der Waals surface area contributed by atoms with Gasteiger partial charge in [-0.3, -0.25) is 0 Å². The third-order valence-corrected chi connectivity index (χ3v) is 0.997. The average molecular weight is 114 g/mol. The molecular weight excluding hydrogens is 100 g/mol. The first kappa shape index (κ1) is 7.54. The maximum atomic E-state index is 8.64. The van der Waals surface area contributed by atoms with Crippen LogP contribution in [0.15, 0.2) is 11.8 Å². The van der Waals surface area contributed by atoms with Crippen molar-refractivity contribution in [2.75, 3.05) is 0 Å². The molecule has 1 heteroatoms. The van der Waals surface area contributed by atoms with E-state index in [0.717, 1.165) is 6.42 Å². The molecule has 1 nitrogen and oxygen atoms in total. The van der Waals surface area contributed by atoms with E-state index in [4.69, 9.17) is 5.11 Å². The predicted molar refractivity (Wildman–Crippen MR) is 35.9 cm³/mol. The van der Waals surface area contributed by atoms with Crippen molar-refractivity contribution in [3.05, 3.63) is 11.8 Å². The van der Waals surface area contributed by atoms with E-state index in [2.05, 4.69) is 6.92 Å². The maximum absolute atomic E-state index is 8.64. The monoisotopic (exact) mass is 114 g/mol. The summed E-state index contributed by atoms with van der Waals surface area (Å²) < 4.78 is 0. The Morgan fingerprint density at radius 1 is 1.62 bits per heavy atom. The van der Waals surface area contributed by atoms with E-state index < -0.39 is 0 Å². The molecule has 0 rings (SSSR count). The maximum Gasteiger partial charge on any atom is 0.0851 e. The van der Waals surface area contributed by atoms with Gasteiger partial charge >= 0.3 is 0 Å². The summed E-state index contributed by atoms with van der Waals surface area (Å²) in [5, 5.41) is 8.64. The second-order valence-corrected chi connectivity index (χ2v) is 1.99. The van der Waals surface area contributed by atoms with Crippen LogP contribution >= 0.6 is 0 Å². The molecule has 0 unspecified atom stereocenters. The topological polar surface area (TPSA) is 20.2 Å². The molecule has 0 radical (unpaired) electrons. The minimum Gasteiger partial charge on any atom is -0.513 e. The lowest BCUT2D eigenvalue weighted by Gasteiger charge is -1.88. The summed E-state index contributed by atoms with van der Waals surface area (Å²) in [6, 6.07) is 0. The molecule has 0 amide bonds. The standard InChI is InChI=1S/C7H14O/c1-3-4-5-6-7(2)8/h6,8H,3-5H2,1-2H3/b7-6-. The zero-order chi connectivity index (χ0) is 6.41. The van der Waals surface area contributed by atoms with Gasteiger partial charge in [-0.25, -0.2) is 0 Å². The number of allylic oxidation sites excluding steroid dienone is 2. The molecular formula is C7H14O. The minimum atomic E-state index is 0.443. The Morgan fingerprint density at radius 2 is 2.25 bits per heavy atom. The van der Waals surface area contributed by atoms with Crippen LogP contribution in [-0.4, -0.2) is 5.11 Å². The van der Waals surface area contributed by atoms with Crippen molar-refractivity contribution in [1.82, 2.24) is 0 Å². The van der Waals surface area contributed by atoms with Gasteiger partial charge in [0, 0.05) is 0 Å². The highest BCUT2D eigenvalue weighted by atomic mass is 16.3. The van der Waals surface area contributed by atoms with Crippen LogP contribution in [0.5, 0.6) is 0 Å². The molecule has 0 aliphatic heterocycles. The first-order valence-electron chi connectivity index (χ1n) is 3.13. The highest BCUT2D eigenvalue weighted by Crippen LogP contribution is 1.96. The Labute approximate surface area is 51.0 Å². The fourth-order valence-corrected chi connectivity index (χ4v) is 0.515. The van der Waals surface area contributed by atoms with Crippen LogP contribution in [0.3, 0.4) is 0 Å². The Hall–Kier alpha value is -0.460. The van der Waals surface area contributed by atoms with E-state index in [9.17, 15) is 0 Å². The second-order valence-electron chi connectivity index (χ2n) is 1.99. The van der Waals surface area contributed by atoms with Gasteiger partial charge in [0.05, 0.1) is 5.76 Å². The summed E-state index contributed by atoms with van der Waals surface area (Å²) in [4.78, 5) is 0. The fraction of sp³-hybridized carbons (Fsp3) is 0.714. The molecule has 0 aliphatic carbocycles. The number of aliphatic hydroxyl groups is 1. The molecule has 0 atom stereocenters. The Morgan fingerprint density at radius 3 is 2.62 bits per heavy atom. The number of hydrogen-bond donors (Lipinski definition) is 1. The lowest BCUT2D eigenvalue weighted by molar-refractivity contribution is 0.410. The Bertz CT molecular complexity index is 70.5. The van der Waals surface area contributed by atoms with E-state index in [1.165, 1.54) is 12.8 Å². The van der Waals surface area contributed by atoms with Crippen molar-refractivity contribution in [1.29, 1.82) is 0 Å². The first-order chi connectivity index (χ1) is 3.77. The van der Waals surface area contributed by atoms with Gasteiger partial charge in [-0.2, -0.15) is 0 Å². The first-order valence-corrected chi connectivity index (χ1v) is 3.13. The fourth-order valence-electron chi connectivity index (χ4n) is 0.515. The van der Waals surface area contributed by atoms with E-state index in [-0.39, 0.29) is 0 Å². The highest BCUT2D eigenvalue weighted by molar-refractivity contribution is 4.84. The van der Waals surface area contributed by atoms with Crippen LogP contribution in [0.1, 0.15) is 33.1 Å². The smallest absolute Gasteiger partial charge is 0.0851 e. The van der Waals surface area contributed by atoms with Gasteiger partial charge in [0.2, 0.25) is 0 Å². The highest BCUT2D eigenvalue weighted by Gasteiger charge is 1.79. The molecule has 0 spiro atoms. The van der Waals surface area contributed by atoms with Gasteiger partial charge < -0.3 is 5.11 Å². The van der Waals surface area contributed by atoms with Gasteiger partial charge in [-0.15, -0.1) is 0 Å². The van der Waals surface area contributed by atoms with Crippen LogP contribution in [0.4, 0.5) is 0 Å². The zero-order valence-corrected chi connectivity index (χ0v) is 5.65. The molecule has 48 valence electrons. The van der Waals surface area contributed by atoms with Crippen LogP contribution in [0.2, 0.25) is 0 Å². The Kier molecular flexibility index (Phi) is 4.42. The second kappa shape index (κ2) is 4.69. The summed E-state index contributed by atoms with van der Waals surface area (Å²) >= 11 is 0. The molecule has 1 N–H and O–H groups in total. The van der Waals surface area contributed by atoms with Crippen LogP contribution in [0.25, 0.3) is 0 Å². The summed E-state index contributed by atoms with van der Waals surface area (Å²) in [6.45, 7) is 3.84. The summed E-state index contributed by atoms with van der Waals surface area (Å²) in [7, 11) is 0. The summed E-state index contributed by atoms with van der Waals surface area (Å²) in [5.41, 5.74) is 0. The quantitative estimate of drug-likeness (QED) is 0.441. The molecule has 0 saturated carbocycles. The van der Waals surface area contributed by atoms with Crippen molar-refractivity contribution >= 4 is 0 Å². The molecule has 0 fully saturated rings. The molecule has 0 aliphatic rings. The van der Waals surface area contributed by atoms with E-state index in [0.29, 0.717) is 5.76 Å². The predicted octanol–water partition coefficient (Wildman–Crippen LogP) is 2.64. The number of aliphatic hydroxyl groups excluding tert-OH is 1. The zero-order valence-electron chi connectivity index (χ0n) is 5.65. The molecule has 0 aromatic heterocycles. The molecule has 8 heavy (non-hydrogen) atoms. The van der Waals surface area contributed by atoms with Crippen LogP contribution in [-0.2, 0) is 0 Å². The summed E-state index contributed by atoms with van der Waals surface area (Å²) in [6.07, 6.45) is 5.24. The van der Waals surface area contributed by atoms with Gasteiger partial charge in [0.25, 0.3) is 0 Å². The minimum absolute atomic E-state index is 0.443. The van der Waals surface area contributed by atoms with E-state index >= 15 is 0 Å². The lowest BCUT2D eigenvalue weighted by atomic mass is 10.2. The largest absolute Gasteiger partial charge is 0.513 e. The Balaban J connectivity index is 3.03. The van der Waals surface area contributed by atoms with Crippen molar-refractivity contribution < 1.29 is 5.11 Å².